The van der Waals surface area contributed by atoms with E-state index in [0.717, 1.165) is 5.56 Å². The Morgan fingerprint density at radius 3 is 2.68 bits per heavy atom. The fourth-order valence-corrected chi connectivity index (χ4v) is 1.55. The van der Waals surface area contributed by atoms with Crippen molar-refractivity contribution in [1.29, 1.82) is 0 Å². The van der Waals surface area contributed by atoms with E-state index in [1.54, 1.807) is 6.07 Å². The number of aromatic nitrogens is 1. The van der Waals surface area contributed by atoms with Crippen molar-refractivity contribution in [1.82, 2.24) is 4.98 Å². The minimum absolute atomic E-state index is 0.310. The number of ether oxygens (including phenoxy) is 1. The molecule has 2 aromatic rings. The van der Waals surface area contributed by atoms with Crippen LogP contribution in [0.3, 0.4) is 0 Å². The van der Waals surface area contributed by atoms with Crippen molar-refractivity contribution >= 4 is 18.7 Å². The normalized spacial score (nSPS) is 10.6. The molecular weight excluding hydrogens is 241 g/mol. The van der Waals surface area contributed by atoms with E-state index in [4.69, 9.17) is 14.8 Å². The summed E-state index contributed by atoms with van der Waals surface area (Å²) in [5, 5.41) is 18.0. The molecule has 0 fully saturated rings. The van der Waals surface area contributed by atoms with Crippen molar-refractivity contribution in [3.63, 3.8) is 0 Å². The molecule has 0 saturated heterocycles. The molecule has 5 heteroatoms. The lowest BCUT2D eigenvalue weighted by molar-refractivity contribution is 0.362. The van der Waals surface area contributed by atoms with E-state index >= 15 is 0 Å². The summed E-state index contributed by atoms with van der Waals surface area (Å²) in [6, 6.07) is 11.5. The molecule has 19 heavy (non-hydrogen) atoms. The number of benzene rings is 1. The summed E-state index contributed by atoms with van der Waals surface area (Å²) >= 11 is 0. The molecule has 2 rings (SSSR count). The standard InChI is InChI=1S/C14H14BNO3/c17-15(18)13-9-14(11-16-10-13)19-8-4-7-12-5-2-1-3-6-12/h1-7,9-11,17-18H,8H2. The fraction of sp³-hybridized carbons (Fsp3) is 0.0714. The van der Waals surface area contributed by atoms with Crippen molar-refractivity contribution in [3.05, 3.63) is 60.4 Å². The first-order chi connectivity index (χ1) is 9.25. The van der Waals surface area contributed by atoms with Gasteiger partial charge in [-0.05, 0) is 17.7 Å². The molecule has 0 spiro atoms. The maximum Gasteiger partial charge on any atom is 0.490 e. The molecule has 0 atom stereocenters. The Kier molecular flexibility index (Phi) is 4.72. The fourth-order valence-electron chi connectivity index (χ4n) is 1.55. The largest absolute Gasteiger partial charge is 0.490 e. The molecule has 4 nitrogen and oxygen atoms in total. The zero-order valence-corrected chi connectivity index (χ0v) is 10.3. The second-order valence-electron chi connectivity index (χ2n) is 3.95. The molecule has 0 amide bonds. The van der Waals surface area contributed by atoms with E-state index in [1.165, 1.54) is 12.4 Å². The summed E-state index contributed by atoms with van der Waals surface area (Å²) in [6.07, 6.45) is 6.76. The number of pyridine rings is 1. The van der Waals surface area contributed by atoms with Gasteiger partial charge in [-0.1, -0.05) is 36.4 Å². The third-order valence-corrected chi connectivity index (χ3v) is 2.49. The highest BCUT2D eigenvalue weighted by Gasteiger charge is 2.11. The van der Waals surface area contributed by atoms with Crippen molar-refractivity contribution in [2.45, 2.75) is 0 Å². The Bertz CT molecular complexity index is 543. The molecule has 0 radical (unpaired) electrons. The predicted molar refractivity (Wildman–Crippen MR) is 75.0 cm³/mol. The van der Waals surface area contributed by atoms with E-state index in [-0.39, 0.29) is 0 Å². The Labute approximate surface area is 112 Å². The van der Waals surface area contributed by atoms with E-state index < -0.39 is 7.12 Å². The summed E-state index contributed by atoms with van der Waals surface area (Å²) in [4.78, 5) is 3.87. The SMILES string of the molecule is OB(O)c1cncc(OCC=Cc2ccccc2)c1. The minimum Gasteiger partial charge on any atom is -0.488 e. The third kappa shape index (κ3) is 4.24. The average molecular weight is 255 g/mol. The average Bonchev–Trinajstić information content (AvgIpc) is 2.45. The molecule has 96 valence electrons. The maximum absolute atomic E-state index is 9.01. The molecule has 0 unspecified atom stereocenters. The van der Waals surface area contributed by atoms with Crippen molar-refractivity contribution in [3.8, 4) is 5.75 Å². The van der Waals surface area contributed by atoms with Gasteiger partial charge in [0.25, 0.3) is 0 Å². The van der Waals surface area contributed by atoms with Crippen LogP contribution in [0.5, 0.6) is 5.75 Å². The van der Waals surface area contributed by atoms with Gasteiger partial charge in [-0.2, -0.15) is 0 Å². The van der Waals surface area contributed by atoms with Crippen LogP contribution < -0.4 is 10.2 Å². The molecule has 0 aliphatic heterocycles. The smallest absolute Gasteiger partial charge is 0.488 e. The topological polar surface area (TPSA) is 62.6 Å². The minimum atomic E-state index is -1.53. The van der Waals surface area contributed by atoms with E-state index in [9.17, 15) is 0 Å². The van der Waals surface area contributed by atoms with Crippen LogP contribution in [0, 0.1) is 0 Å². The van der Waals surface area contributed by atoms with Gasteiger partial charge in [0.15, 0.2) is 0 Å². The number of hydrogen-bond acceptors (Lipinski definition) is 4. The van der Waals surface area contributed by atoms with Crippen LogP contribution >= 0.6 is 0 Å². The van der Waals surface area contributed by atoms with Gasteiger partial charge in [0.2, 0.25) is 0 Å². The number of nitrogens with zero attached hydrogens (tertiary/aromatic N) is 1. The molecule has 0 aliphatic rings. The van der Waals surface area contributed by atoms with Crippen LogP contribution in [0.2, 0.25) is 0 Å². The van der Waals surface area contributed by atoms with Crippen LogP contribution in [-0.2, 0) is 0 Å². The first kappa shape index (κ1) is 13.3. The zero-order chi connectivity index (χ0) is 13.5. The molecule has 2 N–H and O–H groups in total. The summed E-state index contributed by atoms with van der Waals surface area (Å²) in [6.45, 7) is 0.390. The van der Waals surface area contributed by atoms with Gasteiger partial charge < -0.3 is 14.8 Å². The molecule has 1 heterocycles. The number of hydrogen-bond donors (Lipinski definition) is 2. The third-order valence-electron chi connectivity index (χ3n) is 2.49. The first-order valence-electron chi connectivity index (χ1n) is 5.91. The van der Waals surface area contributed by atoms with Gasteiger partial charge in [0.05, 0.1) is 6.20 Å². The summed E-state index contributed by atoms with van der Waals surface area (Å²) in [5.74, 6) is 0.503. The lowest BCUT2D eigenvalue weighted by Gasteiger charge is -2.04. The molecule has 1 aromatic carbocycles. The Morgan fingerprint density at radius 1 is 1.16 bits per heavy atom. The maximum atomic E-state index is 9.01. The summed E-state index contributed by atoms with van der Waals surface area (Å²) < 4.78 is 5.45. The van der Waals surface area contributed by atoms with Crippen LogP contribution in [0.4, 0.5) is 0 Å². The highest BCUT2D eigenvalue weighted by Crippen LogP contribution is 2.06. The first-order valence-corrected chi connectivity index (χ1v) is 5.91. The molecule has 0 saturated carbocycles. The lowest BCUT2D eigenvalue weighted by atomic mass is 9.82. The highest BCUT2D eigenvalue weighted by molar-refractivity contribution is 6.58. The van der Waals surface area contributed by atoms with E-state index in [2.05, 4.69) is 4.98 Å². The van der Waals surface area contributed by atoms with Crippen molar-refractivity contribution in [2.24, 2.45) is 0 Å². The van der Waals surface area contributed by atoms with Gasteiger partial charge in [0.1, 0.15) is 12.4 Å². The molecule has 0 aliphatic carbocycles. The monoisotopic (exact) mass is 255 g/mol. The highest BCUT2D eigenvalue weighted by atomic mass is 16.5. The zero-order valence-electron chi connectivity index (χ0n) is 10.3. The summed E-state index contributed by atoms with van der Waals surface area (Å²) in [5.41, 5.74) is 1.41. The molecule has 0 bridgehead atoms. The van der Waals surface area contributed by atoms with E-state index in [1.807, 2.05) is 42.5 Å². The van der Waals surface area contributed by atoms with Gasteiger partial charge >= 0.3 is 7.12 Å². The number of rotatable bonds is 5. The van der Waals surface area contributed by atoms with Gasteiger partial charge in [0, 0.05) is 11.7 Å². The van der Waals surface area contributed by atoms with Crippen molar-refractivity contribution < 1.29 is 14.8 Å². The van der Waals surface area contributed by atoms with Crippen LogP contribution in [0.15, 0.2) is 54.9 Å². The van der Waals surface area contributed by atoms with Crippen LogP contribution in [-0.4, -0.2) is 28.8 Å². The second-order valence-corrected chi connectivity index (χ2v) is 3.95. The van der Waals surface area contributed by atoms with Gasteiger partial charge in [-0.15, -0.1) is 0 Å². The predicted octanol–water partition coefficient (Wildman–Crippen LogP) is 0.854. The lowest BCUT2D eigenvalue weighted by Crippen LogP contribution is -2.30. The van der Waals surface area contributed by atoms with Gasteiger partial charge in [-0.25, -0.2) is 0 Å². The van der Waals surface area contributed by atoms with Gasteiger partial charge in [-0.3, -0.25) is 4.98 Å². The Morgan fingerprint density at radius 2 is 1.95 bits per heavy atom. The Hall–Kier alpha value is -2.11. The molecule has 1 aromatic heterocycles. The van der Waals surface area contributed by atoms with Crippen LogP contribution in [0.1, 0.15) is 5.56 Å². The van der Waals surface area contributed by atoms with E-state index in [0.29, 0.717) is 17.8 Å². The summed E-state index contributed by atoms with van der Waals surface area (Å²) in [7, 11) is -1.53. The van der Waals surface area contributed by atoms with Crippen LogP contribution in [0.25, 0.3) is 6.08 Å². The van der Waals surface area contributed by atoms with Crippen molar-refractivity contribution in [2.75, 3.05) is 6.61 Å². The quantitative estimate of drug-likeness (QED) is 0.777. The Balaban J connectivity index is 1.89. The molecular formula is C14H14BNO3. The second kappa shape index (κ2) is 6.73.